The van der Waals surface area contributed by atoms with Crippen molar-refractivity contribution in [2.75, 3.05) is 0 Å². The van der Waals surface area contributed by atoms with E-state index in [1.54, 1.807) is 41.1 Å². The molecule has 0 aliphatic rings. The van der Waals surface area contributed by atoms with Crippen LogP contribution in [0.4, 0.5) is 0 Å². The van der Waals surface area contributed by atoms with E-state index in [4.69, 9.17) is 46.4 Å². The quantitative estimate of drug-likeness (QED) is 0.237. The third kappa shape index (κ3) is 4.25. The Morgan fingerprint density at radius 3 is 2.25 bits per heavy atom. The van der Waals surface area contributed by atoms with Gasteiger partial charge in [-0.1, -0.05) is 52.5 Å². The molecule has 0 saturated heterocycles. The number of amides is 1. The summed E-state index contributed by atoms with van der Waals surface area (Å²) in [6, 6.07) is 8.47. The number of rotatable bonds is 4. The topological polar surface area (TPSA) is 89.5 Å². The molecular weight excluding hydrogens is 498 g/mol. The number of halogens is 4. The number of Topliss-reactive ketones (excluding diaryl/α,β-unsaturated/α-hetero) is 1. The molecule has 0 aliphatic carbocycles. The maximum absolute atomic E-state index is 13.0. The first-order valence-electron chi connectivity index (χ1n) is 9.03. The van der Waals surface area contributed by atoms with Crippen LogP contribution in [0.25, 0.3) is 11.0 Å². The summed E-state index contributed by atoms with van der Waals surface area (Å²) in [5.74, 6) is -1.96. The standard InChI is InChI=1S/C21H12Cl4N4O3/c22-14-4-1-5-15(23)13(14)8-28-7-12(11-3-2-6-26-20(11)28)19(30)21(31)27-18-16(24)9-29(32)10-17(18)25/h1-7,9-10,32H,8H2. The van der Waals surface area contributed by atoms with Crippen molar-refractivity contribution in [2.45, 2.75) is 6.54 Å². The fraction of sp³-hybridized carbons (Fsp3) is 0.0476. The maximum atomic E-state index is 13.0. The molecule has 162 valence electrons. The van der Waals surface area contributed by atoms with Gasteiger partial charge in [0.1, 0.15) is 11.0 Å². The van der Waals surface area contributed by atoms with Gasteiger partial charge in [-0.2, -0.15) is 4.73 Å². The van der Waals surface area contributed by atoms with Gasteiger partial charge >= 0.3 is 5.91 Å². The Hall–Kier alpha value is -2.84. The summed E-state index contributed by atoms with van der Waals surface area (Å²) in [6.45, 7) is 0.234. The SMILES string of the molecule is O=C(N=c1c(Cl)cn(O)cc1Cl)C(=O)c1cn(Cc2c(Cl)cccc2Cl)c2ncccc12. The van der Waals surface area contributed by atoms with Gasteiger partial charge in [0.2, 0.25) is 0 Å². The van der Waals surface area contributed by atoms with Gasteiger partial charge in [-0.3, -0.25) is 9.59 Å². The molecule has 11 heteroatoms. The molecule has 32 heavy (non-hydrogen) atoms. The zero-order chi connectivity index (χ0) is 23.0. The molecule has 4 aromatic rings. The fourth-order valence-electron chi connectivity index (χ4n) is 3.16. The first-order valence-corrected chi connectivity index (χ1v) is 10.5. The van der Waals surface area contributed by atoms with Gasteiger partial charge in [0.15, 0.2) is 0 Å². The Labute approximate surface area is 201 Å². The van der Waals surface area contributed by atoms with E-state index in [9.17, 15) is 14.8 Å². The van der Waals surface area contributed by atoms with Gasteiger partial charge in [-0.15, -0.1) is 0 Å². The Morgan fingerprint density at radius 1 is 0.938 bits per heavy atom. The van der Waals surface area contributed by atoms with Crippen molar-refractivity contribution in [1.29, 1.82) is 0 Å². The smallest absolute Gasteiger partial charge is 0.318 e. The zero-order valence-corrected chi connectivity index (χ0v) is 19.0. The molecule has 0 atom stereocenters. The number of ketones is 1. The van der Waals surface area contributed by atoms with Crippen LogP contribution in [0.15, 0.2) is 60.1 Å². The maximum Gasteiger partial charge on any atom is 0.318 e. The number of aromatic nitrogens is 3. The second-order valence-electron chi connectivity index (χ2n) is 6.67. The third-order valence-corrected chi connectivity index (χ3v) is 5.88. The van der Waals surface area contributed by atoms with Crippen LogP contribution in [-0.2, 0) is 11.3 Å². The summed E-state index contributed by atoms with van der Waals surface area (Å²) in [7, 11) is 0. The number of pyridine rings is 2. The minimum Gasteiger partial charge on any atom is -0.429 e. The molecule has 0 radical (unpaired) electrons. The fourth-order valence-corrected chi connectivity index (χ4v) is 4.21. The van der Waals surface area contributed by atoms with Crippen molar-refractivity contribution in [3.8, 4) is 0 Å². The lowest BCUT2D eigenvalue weighted by Crippen LogP contribution is -2.18. The average Bonchev–Trinajstić information content (AvgIpc) is 3.11. The number of carbonyl (C=O) groups is 2. The number of benzene rings is 1. The molecular formula is C21H12Cl4N4O3. The van der Waals surface area contributed by atoms with E-state index in [1.807, 2.05) is 0 Å². The number of hydrogen-bond donors (Lipinski definition) is 1. The van der Waals surface area contributed by atoms with Crippen molar-refractivity contribution in [2.24, 2.45) is 4.99 Å². The lowest BCUT2D eigenvalue weighted by molar-refractivity contribution is -0.114. The van der Waals surface area contributed by atoms with E-state index >= 15 is 0 Å². The first-order chi connectivity index (χ1) is 15.3. The van der Waals surface area contributed by atoms with Crippen LogP contribution in [0, 0.1) is 0 Å². The second-order valence-corrected chi connectivity index (χ2v) is 8.30. The summed E-state index contributed by atoms with van der Waals surface area (Å²) in [5.41, 5.74) is 1.22. The third-order valence-electron chi connectivity index (χ3n) is 4.62. The van der Waals surface area contributed by atoms with Gasteiger partial charge < -0.3 is 9.77 Å². The van der Waals surface area contributed by atoms with E-state index in [-0.39, 0.29) is 27.5 Å². The Kier molecular flexibility index (Phi) is 6.26. The highest BCUT2D eigenvalue weighted by Crippen LogP contribution is 2.28. The molecule has 0 aliphatic heterocycles. The van der Waals surface area contributed by atoms with Crippen LogP contribution >= 0.6 is 46.4 Å². The molecule has 0 fully saturated rings. The van der Waals surface area contributed by atoms with Crippen molar-refractivity contribution in [3.05, 3.63) is 91.7 Å². The van der Waals surface area contributed by atoms with E-state index in [0.717, 1.165) is 12.4 Å². The number of nitrogens with zero attached hydrogens (tertiary/aromatic N) is 4. The highest BCUT2D eigenvalue weighted by molar-refractivity contribution is 6.45. The van der Waals surface area contributed by atoms with Gasteiger partial charge in [0, 0.05) is 33.4 Å². The molecule has 0 spiro atoms. The van der Waals surface area contributed by atoms with Crippen LogP contribution in [0.2, 0.25) is 20.1 Å². The molecule has 0 bridgehead atoms. The summed E-state index contributed by atoms with van der Waals surface area (Å²) in [4.78, 5) is 33.7. The van der Waals surface area contributed by atoms with Crippen molar-refractivity contribution >= 4 is 69.1 Å². The first kappa shape index (κ1) is 22.4. The number of carbonyl (C=O) groups excluding carboxylic acids is 2. The molecule has 1 amide bonds. The summed E-state index contributed by atoms with van der Waals surface area (Å²) >= 11 is 24.5. The summed E-state index contributed by atoms with van der Waals surface area (Å²) < 4.78 is 2.30. The number of fused-ring (bicyclic) bond motifs is 1. The molecule has 4 rings (SSSR count). The highest BCUT2D eigenvalue weighted by Gasteiger charge is 2.23. The Balaban J connectivity index is 1.78. The summed E-state index contributed by atoms with van der Waals surface area (Å²) in [6.07, 6.45) is 5.25. The van der Waals surface area contributed by atoms with Crippen LogP contribution in [0.3, 0.4) is 0 Å². The van der Waals surface area contributed by atoms with E-state index in [1.165, 1.54) is 6.20 Å². The van der Waals surface area contributed by atoms with Crippen molar-refractivity contribution < 1.29 is 14.8 Å². The van der Waals surface area contributed by atoms with Crippen molar-refractivity contribution in [3.63, 3.8) is 0 Å². The molecule has 1 N–H and O–H groups in total. The zero-order valence-electron chi connectivity index (χ0n) is 16.0. The largest absolute Gasteiger partial charge is 0.429 e. The van der Waals surface area contributed by atoms with Crippen LogP contribution in [-0.4, -0.2) is 31.2 Å². The van der Waals surface area contributed by atoms with Gasteiger partial charge in [0.25, 0.3) is 5.78 Å². The minimum atomic E-state index is -1.08. The molecule has 1 aromatic carbocycles. The van der Waals surface area contributed by atoms with Gasteiger partial charge in [-0.05, 0) is 24.3 Å². The lowest BCUT2D eigenvalue weighted by atomic mass is 10.1. The monoisotopic (exact) mass is 508 g/mol. The molecule has 3 heterocycles. The van der Waals surface area contributed by atoms with Gasteiger partial charge in [0.05, 0.1) is 34.5 Å². The van der Waals surface area contributed by atoms with Crippen molar-refractivity contribution in [1.82, 2.24) is 14.3 Å². The molecule has 3 aromatic heterocycles. The predicted molar refractivity (Wildman–Crippen MR) is 122 cm³/mol. The lowest BCUT2D eigenvalue weighted by Gasteiger charge is -2.08. The van der Waals surface area contributed by atoms with Gasteiger partial charge in [-0.25, -0.2) is 9.98 Å². The summed E-state index contributed by atoms with van der Waals surface area (Å²) in [5, 5.41) is 10.5. The van der Waals surface area contributed by atoms with E-state index in [2.05, 4.69) is 9.98 Å². The molecule has 0 unspecified atom stereocenters. The molecule has 7 nitrogen and oxygen atoms in total. The normalized spacial score (nSPS) is 11.0. The van der Waals surface area contributed by atoms with Crippen LogP contribution < -0.4 is 5.36 Å². The second kappa shape index (κ2) is 8.96. The Bertz CT molecular complexity index is 1410. The molecule has 0 saturated carbocycles. The number of hydrogen-bond acceptors (Lipinski definition) is 4. The Morgan fingerprint density at radius 2 is 1.59 bits per heavy atom. The average molecular weight is 510 g/mol. The van der Waals surface area contributed by atoms with Crippen LogP contribution in [0.5, 0.6) is 0 Å². The van der Waals surface area contributed by atoms with E-state index < -0.39 is 11.7 Å². The highest BCUT2D eigenvalue weighted by atomic mass is 35.5. The predicted octanol–water partition coefficient (Wildman–Crippen LogP) is 5.05. The minimum absolute atomic E-state index is 0.0985. The van der Waals surface area contributed by atoms with E-state index in [0.29, 0.717) is 31.4 Å². The van der Waals surface area contributed by atoms with Crippen LogP contribution in [0.1, 0.15) is 15.9 Å².